The van der Waals surface area contributed by atoms with E-state index in [-0.39, 0.29) is 17.9 Å². The molecule has 5 heteroatoms. The first-order chi connectivity index (χ1) is 13.0. The number of carbonyl (C=O) groups is 2. The summed E-state index contributed by atoms with van der Waals surface area (Å²) < 4.78 is 0.916. The minimum Gasteiger partial charge on any atom is -0.346 e. The van der Waals surface area contributed by atoms with Crippen molar-refractivity contribution in [2.45, 2.75) is 13.0 Å². The van der Waals surface area contributed by atoms with Gasteiger partial charge in [0.1, 0.15) is 0 Å². The van der Waals surface area contributed by atoms with Crippen molar-refractivity contribution >= 4 is 33.4 Å². The molecule has 0 aliphatic carbocycles. The van der Waals surface area contributed by atoms with Gasteiger partial charge in [0.2, 0.25) is 0 Å². The van der Waals surface area contributed by atoms with Gasteiger partial charge < -0.3 is 10.6 Å². The largest absolute Gasteiger partial charge is 0.346 e. The molecule has 0 aliphatic rings. The molecule has 2 N–H and O–H groups in total. The Hall–Kier alpha value is -2.92. The second-order valence-electron chi connectivity index (χ2n) is 6.14. The Morgan fingerprint density at radius 1 is 0.778 bits per heavy atom. The van der Waals surface area contributed by atoms with Crippen LogP contribution in [0.25, 0.3) is 0 Å². The number of nitrogens with one attached hydrogen (secondary N) is 2. The van der Waals surface area contributed by atoms with E-state index in [1.54, 1.807) is 36.4 Å². The van der Waals surface area contributed by atoms with E-state index in [0.717, 1.165) is 10.0 Å². The summed E-state index contributed by atoms with van der Waals surface area (Å²) in [6.45, 7) is 1.94. The van der Waals surface area contributed by atoms with Crippen LogP contribution in [-0.4, -0.2) is 11.8 Å². The summed E-state index contributed by atoms with van der Waals surface area (Å²) in [5, 5.41) is 5.80. The average Bonchev–Trinajstić information content (AvgIpc) is 2.69. The zero-order chi connectivity index (χ0) is 19.2. The summed E-state index contributed by atoms with van der Waals surface area (Å²) in [7, 11) is 0. The monoisotopic (exact) mass is 422 g/mol. The second kappa shape index (κ2) is 8.64. The lowest BCUT2D eigenvalue weighted by molar-refractivity contribution is 0.0939. The van der Waals surface area contributed by atoms with Crippen molar-refractivity contribution in [3.8, 4) is 0 Å². The molecule has 3 aromatic rings. The third-order valence-corrected chi connectivity index (χ3v) is 4.69. The maximum atomic E-state index is 12.4. The van der Waals surface area contributed by atoms with Crippen LogP contribution < -0.4 is 10.6 Å². The predicted molar refractivity (Wildman–Crippen MR) is 111 cm³/mol. The average molecular weight is 423 g/mol. The summed E-state index contributed by atoms with van der Waals surface area (Å²) in [6.07, 6.45) is 0. The van der Waals surface area contributed by atoms with Crippen LogP contribution in [0.3, 0.4) is 0 Å². The molecule has 136 valence electrons. The van der Waals surface area contributed by atoms with Crippen LogP contribution >= 0.6 is 15.9 Å². The second-order valence-corrected chi connectivity index (χ2v) is 7.06. The molecular formula is C22H19BrN2O2. The van der Waals surface area contributed by atoms with Crippen molar-refractivity contribution in [3.63, 3.8) is 0 Å². The van der Waals surface area contributed by atoms with Gasteiger partial charge in [-0.25, -0.2) is 0 Å². The minimum atomic E-state index is -0.197. The van der Waals surface area contributed by atoms with E-state index in [9.17, 15) is 9.59 Å². The molecule has 0 bridgehead atoms. The first-order valence-electron chi connectivity index (χ1n) is 8.56. The van der Waals surface area contributed by atoms with Gasteiger partial charge in [-0.3, -0.25) is 9.59 Å². The number of hydrogen-bond donors (Lipinski definition) is 2. The van der Waals surface area contributed by atoms with Crippen molar-refractivity contribution in [1.82, 2.24) is 5.32 Å². The molecule has 0 heterocycles. The molecular weight excluding hydrogens is 404 g/mol. The van der Waals surface area contributed by atoms with Gasteiger partial charge in [0.05, 0.1) is 6.04 Å². The highest BCUT2D eigenvalue weighted by atomic mass is 79.9. The number of hydrogen-bond acceptors (Lipinski definition) is 2. The van der Waals surface area contributed by atoms with Crippen LogP contribution in [0.15, 0.2) is 83.3 Å². The molecule has 0 saturated heterocycles. The van der Waals surface area contributed by atoms with Gasteiger partial charge in [-0.2, -0.15) is 0 Å². The van der Waals surface area contributed by atoms with Crippen molar-refractivity contribution in [2.24, 2.45) is 0 Å². The number of benzene rings is 3. The molecule has 0 saturated carbocycles. The molecule has 0 spiro atoms. The molecule has 2 amide bonds. The van der Waals surface area contributed by atoms with Gasteiger partial charge >= 0.3 is 0 Å². The normalized spacial score (nSPS) is 11.5. The van der Waals surface area contributed by atoms with E-state index >= 15 is 0 Å². The summed E-state index contributed by atoms with van der Waals surface area (Å²) in [4.78, 5) is 24.7. The smallest absolute Gasteiger partial charge is 0.255 e. The fraction of sp³-hybridized carbons (Fsp3) is 0.0909. The topological polar surface area (TPSA) is 58.2 Å². The van der Waals surface area contributed by atoms with Crippen molar-refractivity contribution in [3.05, 3.63) is 100 Å². The Bertz CT molecular complexity index is 923. The van der Waals surface area contributed by atoms with E-state index < -0.39 is 0 Å². The van der Waals surface area contributed by atoms with Crippen molar-refractivity contribution < 1.29 is 9.59 Å². The van der Waals surface area contributed by atoms with Crippen LogP contribution in [0.5, 0.6) is 0 Å². The molecule has 0 aromatic heterocycles. The van der Waals surface area contributed by atoms with Gasteiger partial charge in [0, 0.05) is 21.3 Å². The SMILES string of the molecule is CC(NC(=O)c1ccc(NC(=O)c2ccc(Br)cc2)cc1)c1ccccc1. The number of amides is 2. The Balaban J connectivity index is 1.61. The van der Waals surface area contributed by atoms with E-state index in [1.807, 2.05) is 49.4 Å². The molecule has 1 atom stereocenters. The Morgan fingerprint density at radius 3 is 1.96 bits per heavy atom. The molecule has 3 rings (SSSR count). The number of rotatable bonds is 5. The summed E-state index contributed by atoms with van der Waals surface area (Å²) >= 11 is 3.35. The van der Waals surface area contributed by atoms with Crippen LogP contribution in [0, 0.1) is 0 Å². The summed E-state index contributed by atoms with van der Waals surface area (Å²) in [5.74, 6) is -0.352. The fourth-order valence-corrected chi connectivity index (χ4v) is 2.88. The lowest BCUT2D eigenvalue weighted by Gasteiger charge is -2.14. The van der Waals surface area contributed by atoms with E-state index in [2.05, 4.69) is 26.6 Å². The van der Waals surface area contributed by atoms with Gasteiger partial charge in [-0.05, 0) is 61.0 Å². The zero-order valence-electron chi connectivity index (χ0n) is 14.8. The molecule has 27 heavy (non-hydrogen) atoms. The number of anilines is 1. The Morgan fingerprint density at radius 2 is 1.33 bits per heavy atom. The molecule has 0 radical (unpaired) electrons. The highest BCUT2D eigenvalue weighted by molar-refractivity contribution is 9.10. The fourth-order valence-electron chi connectivity index (χ4n) is 2.61. The van der Waals surface area contributed by atoms with Gasteiger partial charge in [0.25, 0.3) is 11.8 Å². The highest BCUT2D eigenvalue weighted by Gasteiger charge is 2.12. The Labute approximate surface area is 166 Å². The number of carbonyl (C=O) groups excluding carboxylic acids is 2. The maximum Gasteiger partial charge on any atom is 0.255 e. The first kappa shape index (κ1) is 18.9. The van der Waals surface area contributed by atoms with Crippen molar-refractivity contribution in [2.75, 3.05) is 5.32 Å². The first-order valence-corrected chi connectivity index (χ1v) is 9.35. The third-order valence-electron chi connectivity index (χ3n) is 4.16. The van der Waals surface area contributed by atoms with Crippen LogP contribution in [-0.2, 0) is 0 Å². The lowest BCUT2D eigenvalue weighted by Crippen LogP contribution is -2.26. The van der Waals surface area contributed by atoms with E-state index in [1.165, 1.54) is 0 Å². The van der Waals surface area contributed by atoms with E-state index in [4.69, 9.17) is 0 Å². The van der Waals surface area contributed by atoms with Gasteiger partial charge in [-0.15, -0.1) is 0 Å². The standard InChI is InChI=1S/C22H19BrN2O2/c1-15(16-5-3-2-4-6-16)24-21(26)18-9-13-20(14-10-18)25-22(27)17-7-11-19(23)12-8-17/h2-15H,1H3,(H,24,26)(H,25,27). The quantitative estimate of drug-likeness (QED) is 0.593. The molecule has 3 aromatic carbocycles. The van der Waals surface area contributed by atoms with E-state index in [0.29, 0.717) is 16.8 Å². The van der Waals surface area contributed by atoms with Crippen LogP contribution in [0.1, 0.15) is 39.2 Å². The molecule has 0 fully saturated rings. The third kappa shape index (κ3) is 5.05. The van der Waals surface area contributed by atoms with Gasteiger partial charge in [0.15, 0.2) is 0 Å². The maximum absolute atomic E-state index is 12.4. The van der Waals surface area contributed by atoms with Crippen LogP contribution in [0.4, 0.5) is 5.69 Å². The van der Waals surface area contributed by atoms with Gasteiger partial charge in [-0.1, -0.05) is 46.3 Å². The summed E-state index contributed by atoms with van der Waals surface area (Å²) in [5.41, 5.74) is 2.79. The molecule has 0 aliphatic heterocycles. The predicted octanol–water partition coefficient (Wildman–Crippen LogP) is 5.19. The Kier molecular flexibility index (Phi) is 6.04. The highest BCUT2D eigenvalue weighted by Crippen LogP contribution is 2.16. The van der Waals surface area contributed by atoms with Crippen molar-refractivity contribution in [1.29, 1.82) is 0 Å². The molecule has 1 unspecified atom stereocenters. The summed E-state index contributed by atoms with van der Waals surface area (Å²) in [6, 6.07) is 23.7. The molecule has 4 nitrogen and oxygen atoms in total. The van der Waals surface area contributed by atoms with Crippen LogP contribution in [0.2, 0.25) is 0 Å². The zero-order valence-corrected chi connectivity index (χ0v) is 16.4. The minimum absolute atomic E-state index is 0.0875. The number of halogens is 1. The lowest BCUT2D eigenvalue weighted by atomic mass is 10.1.